The molecule has 0 N–H and O–H groups in total. The minimum absolute atomic E-state index is 0.288. The highest BCUT2D eigenvalue weighted by molar-refractivity contribution is 6.32. The summed E-state index contributed by atoms with van der Waals surface area (Å²) in [6.45, 7) is 3.37. The smallest absolute Gasteiger partial charge is 0.343 e. The first kappa shape index (κ1) is 16.5. The third kappa shape index (κ3) is 3.57. The van der Waals surface area contributed by atoms with E-state index < -0.39 is 5.97 Å². The average Bonchev–Trinajstić information content (AvgIpc) is 2.82. The molecule has 0 aromatic heterocycles. The third-order valence-corrected chi connectivity index (χ3v) is 3.67. The SMILES string of the molecule is CCOc1ccccc1OC(=O)c1cc(Cl)c2c(c1)OCCCO2. The Bertz CT molecular complexity index is 744. The lowest BCUT2D eigenvalue weighted by molar-refractivity contribution is 0.0728. The molecule has 0 saturated carbocycles. The third-order valence-electron chi connectivity index (χ3n) is 3.39. The van der Waals surface area contributed by atoms with Gasteiger partial charge in [-0.1, -0.05) is 23.7 Å². The minimum Gasteiger partial charge on any atom is -0.490 e. The van der Waals surface area contributed by atoms with Crippen molar-refractivity contribution in [1.29, 1.82) is 0 Å². The van der Waals surface area contributed by atoms with E-state index in [1.54, 1.807) is 24.3 Å². The Morgan fingerprint density at radius 2 is 1.92 bits per heavy atom. The van der Waals surface area contributed by atoms with Gasteiger partial charge in [-0.25, -0.2) is 4.79 Å². The summed E-state index contributed by atoms with van der Waals surface area (Å²) in [5.41, 5.74) is 0.288. The first-order valence-electron chi connectivity index (χ1n) is 7.72. The van der Waals surface area contributed by atoms with Crippen LogP contribution in [0.25, 0.3) is 0 Å². The molecule has 5 nitrogen and oxygen atoms in total. The standard InChI is InChI=1S/C18H17ClO5/c1-2-21-14-6-3-4-7-15(14)24-18(20)12-10-13(19)17-16(11-12)22-8-5-9-23-17/h3-4,6-7,10-11H,2,5,8-9H2,1H3. The molecular formula is C18H17ClO5. The van der Waals surface area contributed by atoms with E-state index in [2.05, 4.69) is 0 Å². The van der Waals surface area contributed by atoms with Crippen LogP contribution in [0.15, 0.2) is 36.4 Å². The van der Waals surface area contributed by atoms with Gasteiger partial charge in [-0.15, -0.1) is 0 Å². The summed E-state index contributed by atoms with van der Waals surface area (Å²) in [4.78, 5) is 12.5. The van der Waals surface area contributed by atoms with Crippen LogP contribution in [0.5, 0.6) is 23.0 Å². The van der Waals surface area contributed by atoms with E-state index in [1.165, 1.54) is 6.07 Å². The van der Waals surface area contributed by atoms with Crippen LogP contribution in [-0.2, 0) is 0 Å². The lowest BCUT2D eigenvalue weighted by Crippen LogP contribution is -2.10. The Morgan fingerprint density at radius 3 is 2.71 bits per heavy atom. The zero-order valence-electron chi connectivity index (χ0n) is 13.2. The molecule has 0 amide bonds. The number of para-hydroxylation sites is 2. The Morgan fingerprint density at radius 1 is 1.17 bits per heavy atom. The predicted molar refractivity (Wildman–Crippen MR) is 89.6 cm³/mol. The van der Waals surface area contributed by atoms with E-state index in [0.29, 0.717) is 47.8 Å². The quantitative estimate of drug-likeness (QED) is 0.614. The van der Waals surface area contributed by atoms with Crippen molar-refractivity contribution in [3.63, 3.8) is 0 Å². The van der Waals surface area contributed by atoms with Crippen molar-refractivity contribution in [3.05, 3.63) is 47.0 Å². The highest BCUT2D eigenvalue weighted by Crippen LogP contribution is 2.38. The van der Waals surface area contributed by atoms with Gasteiger partial charge in [-0.3, -0.25) is 0 Å². The average molecular weight is 349 g/mol. The normalized spacial score (nSPS) is 13.1. The van der Waals surface area contributed by atoms with E-state index in [1.807, 2.05) is 13.0 Å². The molecule has 0 unspecified atom stereocenters. The van der Waals surface area contributed by atoms with Crippen LogP contribution in [0.4, 0.5) is 0 Å². The lowest BCUT2D eigenvalue weighted by Gasteiger charge is -2.13. The number of halogens is 1. The van der Waals surface area contributed by atoms with E-state index in [4.69, 9.17) is 30.5 Å². The number of esters is 1. The van der Waals surface area contributed by atoms with Crippen molar-refractivity contribution in [3.8, 4) is 23.0 Å². The monoisotopic (exact) mass is 348 g/mol. The van der Waals surface area contributed by atoms with Crippen LogP contribution in [-0.4, -0.2) is 25.8 Å². The number of ether oxygens (including phenoxy) is 4. The van der Waals surface area contributed by atoms with Crippen molar-refractivity contribution in [1.82, 2.24) is 0 Å². The Balaban J connectivity index is 1.86. The topological polar surface area (TPSA) is 54.0 Å². The van der Waals surface area contributed by atoms with Crippen molar-refractivity contribution >= 4 is 17.6 Å². The largest absolute Gasteiger partial charge is 0.490 e. The van der Waals surface area contributed by atoms with E-state index in [0.717, 1.165) is 6.42 Å². The number of hydrogen-bond acceptors (Lipinski definition) is 5. The molecular weight excluding hydrogens is 332 g/mol. The number of benzene rings is 2. The lowest BCUT2D eigenvalue weighted by atomic mass is 10.2. The van der Waals surface area contributed by atoms with Gasteiger partial charge in [0.25, 0.3) is 0 Å². The molecule has 126 valence electrons. The summed E-state index contributed by atoms with van der Waals surface area (Å²) < 4.78 is 22.0. The molecule has 0 saturated heterocycles. The summed E-state index contributed by atoms with van der Waals surface area (Å²) >= 11 is 6.21. The number of carbonyl (C=O) groups excluding carboxylic acids is 1. The molecule has 1 heterocycles. The molecule has 3 rings (SSSR count). The summed E-state index contributed by atoms with van der Waals surface area (Å²) in [6, 6.07) is 10.1. The fourth-order valence-corrected chi connectivity index (χ4v) is 2.58. The van der Waals surface area contributed by atoms with Gasteiger partial charge in [0, 0.05) is 6.42 Å². The van der Waals surface area contributed by atoms with E-state index >= 15 is 0 Å². The fraction of sp³-hybridized carbons (Fsp3) is 0.278. The zero-order chi connectivity index (χ0) is 16.9. The molecule has 2 aromatic carbocycles. The number of carbonyl (C=O) groups is 1. The maximum atomic E-state index is 12.5. The molecule has 1 aliphatic rings. The van der Waals surface area contributed by atoms with E-state index in [9.17, 15) is 4.79 Å². The Kier molecular flexibility index (Phi) is 5.11. The van der Waals surface area contributed by atoms with Crippen LogP contribution in [0.2, 0.25) is 5.02 Å². The molecule has 0 bridgehead atoms. The highest BCUT2D eigenvalue weighted by atomic mass is 35.5. The number of hydrogen-bond donors (Lipinski definition) is 0. The molecule has 24 heavy (non-hydrogen) atoms. The van der Waals surface area contributed by atoms with Crippen LogP contribution in [0.3, 0.4) is 0 Å². The summed E-state index contributed by atoms with van der Waals surface area (Å²) in [5, 5.41) is 0.319. The molecule has 0 radical (unpaired) electrons. The van der Waals surface area contributed by atoms with Gasteiger partial charge >= 0.3 is 5.97 Å². The van der Waals surface area contributed by atoms with Crippen molar-refractivity contribution < 1.29 is 23.7 Å². The summed E-state index contributed by atoms with van der Waals surface area (Å²) in [5.74, 6) is 1.23. The maximum Gasteiger partial charge on any atom is 0.343 e. The predicted octanol–water partition coefficient (Wildman–Crippen LogP) is 4.12. The van der Waals surface area contributed by atoms with Crippen molar-refractivity contribution in [2.24, 2.45) is 0 Å². The van der Waals surface area contributed by atoms with Gasteiger partial charge < -0.3 is 18.9 Å². The van der Waals surface area contributed by atoms with Gasteiger partial charge in [0.2, 0.25) is 0 Å². The van der Waals surface area contributed by atoms with Crippen LogP contribution >= 0.6 is 11.6 Å². The summed E-state index contributed by atoms with van der Waals surface area (Å²) in [6.07, 6.45) is 0.756. The fourth-order valence-electron chi connectivity index (χ4n) is 2.32. The second kappa shape index (κ2) is 7.45. The Labute approximate surface area is 145 Å². The van der Waals surface area contributed by atoms with Gasteiger partial charge in [-0.05, 0) is 31.2 Å². The zero-order valence-corrected chi connectivity index (χ0v) is 14.0. The molecule has 0 aliphatic carbocycles. The first-order valence-corrected chi connectivity index (χ1v) is 8.10. The van der Waals surface area contributed by atoms with Crippen LogP contribution in [0.1, 0.15) is 23.7 Å². The minimum atomic E-state index is -0.542. The van der Waals surface area contributed by atoms with Gasteiger partial charge in [0.15, 0.2) is 23.0 Å². The maximum absolute atomic E-state index is 12.5. The number of rotatable bonds is 4. The second-order valence-corrected chi connectivity index (χ2v) is 5.51. The van der Waals surface area contributed by atoms with Crippen molar-refractivity contribution in [2.75, 3.05) is 19.8 Å². The summed E-state index contributed by atoms with van der Waals surface area (Å²) in [7, 11) is 0. The molecule has 1 aliphatic heterocycles. The Hall–Kier alpha value is -2.40. The molecule has 0 spiro atoms. The van der Waals surface area contributed by atoms with Crippen LogP contribution < -0.4 is 18.9 Å². The van der Waals surface area contributed by atoms with Gasteiger partial charge in [-0.2, -0.15) is 0 Å². The molecule has 0 fully saturated rings. The van der Waals surface area contributed by atoms with Gasteiger partial charge in [0.1, 0.15) is 0 Å². The first-order chi connectivity index (χ1) is 11.7. The molecule has 2 aromatic rings. The van der Waals surface area contributed by atoms with Crippen LogP contribution in [0, 0.1) is 0 Å². The molecule has 0 atom stereocenters. The number of fused-ring (bicyclic) bond motifs is 1. The second-order valence-electron chi connectivity index (χ2n) is 5.11. The van der Waals surface area contributed by atoms with Crippen molar-refractivity contribution in [2.45, 2.75) is 13.3 Å². The highest BCUT2D eigenvalue weighted by Gasteiger charge is 2.20. The van der Waals surface area contributed by atoms with E-state index in [-0.39, 0.29) is 5.56 Å². The molecule has 6 heteroatoms. The van der Waals surface area contributed by atoms with Gasteiger partial charge in [0.05, 0.1) is 30.4 Å².